The molecule has 0 aliphatic carbocycles. The average molecular weight is 330 g/mol. The third kappa shape index (κ3) is 3.34. The quantitative estimate of drug-likeness (QED) is 0.923. The van der Waals surface area contributed by atoms with Gasteiger partial charge in [-0.05, 0) is 49.9 Å². The second-order valence-corrected chi connectivity index (χ2v) is 5.90. The molecule has 104 valence electrons. The molecule has 5 heteroatoms. The van der Waals surface area contributed by atoms with Crippen LogP contribution in [-0.4, -0.2) is 28.1 Å². The van der Waals surface area contributed by atoms with Crippen molar-refractivity contribution in [2.24, 2.45) is 0 Å². The first kappa shape index (κ1) is 14.5. The van der Waals surface area contributed by atoms with Gasteiger partial charge in [0.1, 0.15) is 11.9 Å². The van der Waals surface area contributed by atoms with E-state index < -0.39 is 12.0 Å². The first-order chi connectivity index (χ1) is 8.99. The predicted molar refractivity (Wildman–Crippen MR) is 74.4 cm³/mol. The molecule has 1 saturated heterocycles. The van der Waals surface area contributed by atoms with E-state index in [1.807, 2.05) is 11.8 Å². The van der Waals surface area contributed by atoms with Gasteiger partial charge in [-0.25, -0.2) is 4.39 Å². The van der Waals surface area contributed by atoms with Crippen molar-refractivity contribution in [2.75, 3.05) is 0 Å². The van der Waals surface area contributed by atoms with Crippen molar-refractivity contribution >= 4 is 21.9 Å². The Hall–Kier alpha value is -0.940. The Bertz CT molecular complexity index is 481. The van der Waals surface area contributed by atoms with Gasteiger partial charge in [-0.1, -0.05) is 15.9 Å². The highest BCUT2D eigenvalue weighted by Gasteiger charge is 2.32. The molecule has 0 bridgehead atoms. The number of halogens is 2. The van der Waals surface area contributed by atoms with E-state index in [-0.39, 0.29) is 11.9 Å². The molecule has 2 rings (SSSR count). The lowest BCUT2D eigenvalue weighted by molar-refractivity contribution is -0.146. The van der Waals surface area contributed by atoms with Crippen molar-refractivity contribution in [3.05, 3.63) is 34.1 Å². The SMILES string of the molecule is C[C@@H]1CCC[C@H](C(=O)O)N1Cc1cc(F)ccc1Br. The van der Waals surface area contributed by atoms with Crippen molar-refractivity contribution < 1.29 is 14.3 Å². The van der Waals surface area contributed by atoms with Gasteiger partial charge in [-0.2, -0.15) is 0 Å². The van der Waals surface area contributed by atoms with Crippen LogP contribution in [0.4, 0.5) is 4.39 Å². The van der Waals surface area contributed by atoms with Crippen molar-refractivity contribution in [1.82, 2.24) is 4.90 Å². The summed E-state index contributed by atoms with van der Waals surface area (Å²) in [6, 6.07) is 4.24. The van der Waals surface area contributed by atoms with Crippen LogP contribution < -0.4 is 0 Å². The summed E-state index contributed by atoms with van der Waals surface area (Å²) < 4.78 is 14.1. The number of carboxylic acids is 1. The Balaban J connectivity index is 2.23. The van der Waals surface area contributed by atoms with Crippen LogP contribution in [0, 0.1) is 5.82 Å². The van der Waals surface area contributed by atoms with Gasteiger partial charge in [0.25, 0.3) is 0 Å². The van der Waals surface area contributed by atoms with Crippen LogP contribution in [-0.2, 0) is 11.3 Å². The zero-order valence-corrected chi connectivity index (χ0v) is 12.4. The molecule has 0 unspecified atom stereocenters. The Kier molecular flexibility index (Phi) is 4.58. The largest absolute Gasteiger partial charge is 0.480 e. The Morgan fingerprint density at radius 2 is 2.26 bits per heavy atom. The molecule has 0 amide bonds. The smallest absolute Gasteiger partial charge is 0.320 e. The van der Waals surface area contributed by atoms with Crippen LogP contribution in [0.15, 0.2) is 22.7 Å². The number of hydrogen-bond donors (Lipinski definition) is 1. The van der Waals surface area contributed by atoms with Gasteiger partial charge in [0, 0.05) is 17.1 Å². The van der Waals surface area contributed by atoms with Crippen LogP contribution in [0.5, 0.6) is 0 Å². The fourth-order valence-electron chi connectivity index (χ4n) is 2.64. The van der Waals surface area contributed by atoms with E-state index in [1.54, 1.807) is 6.07 Å². The third-order valence-electron chi connectivity index (χ3n) is 3.71. The maximum Gasteiger partial charge on any atom is 0.320 e. The zero-order valence-electron chi connectivity index (χ0n) is 10.8. The van der Waals surface area contributed by atoms with E-state index in [1.165, 1.54) is 12.1 Å². The van der Waals surface area contributed by atoms with E-state index in [4.69, 9.17) is 0 Å². The molecular weight excluding hydrogens is 313 g/mol. The molecule has 0 radical (unpaired) electrons. The topological polar surface area (TPSA) is 40.5 Å². The highest BCUT2D eigenvalue weighted by molar-refractivity contribution is 9.10. The lowest BCUT2D eigenvalue weighted by Crippen LogP contribution is -2.48. The van der Waals surface area contributed by atoms with E-state index in [9.17, 15) is 14.3 Å². The molecule has 19 heavy (non-hydrogen) atoms. The Morgan fingerprint density at radius 3 is 2.95 bits per heavy atom. The second-order valence-electron chi connectivity index (χ2n) is 5.04. The molecule has 1 heterocycles. The average Bonchev–Trinajstić information content (AvgIpc) is 2.35. The summed E-state index contributed by atoms with van der Waals surface area (Å²) in [6.45, 7) is 2.48. The standard InChI is InChI=1S/C14H17BrFNO2/c1-9-3-2-4-13(14(18)19)17(9)8-10-7-11(16)5-6-12(10)15/h5-7,9,13H,2-4,8H2,1H3,(H,18,19)/t9-,13-/m1/s1. The fourth-order valence-corrected chi connectivity index (χ4v) is 3.01. The van der Waals surface area contributed by atoms with Gasteiger partial charge in [0.2, 0.25) is 0 Å². The first-order valence-corrected chi connectivity index (χ1v) is 7.21. The minimum atomic E-state index is -0.793. The summed E-state index contributed by atoms with van der Waals surface area (Å²) >= 11 is 3.39. The first-order valence-electron chi connectivity index (χ1n) is 6.41. The van der Waals surface area contributed by atoms with Gasteiger partial charge in [-0.15, -0.1) is 0 Å². The monoisotopic (exact) mass is 329 g/mol. The van der Waals surface area contributed by atoms with E-state index in [0.29, 0.717) is 13.0 Å². The molecule has 1 aliphatic rings. The summed E-state index contributed by atoms with van der Waals surface area (Å²) in [5.74, 6) is -1.09. The number of nitrogens with zero attached hydrogens (tertiary/aromatic N) is 1. The van der Waals surface area contributed by atoms with Gasteiger partial charge in [0.05, 0.1) is 0 Å². The maximum absolute atomic E-state index is 13.3. The van der Waals surface area contributed by atoms with Gasteiger partial charge >= 0.3 is 5.97 Å². The van der Waals surface area contributed by atoms with Crippen molar-refractivity contribution in [3.8, 4) is 0 Å². The number of benzene rings is 1. The lowest BCUT2D eigenvalue weighted by atomic mass is 9.95. The highest BCUT2D eigenvalue weighted by Crippen LogP contribution is 2.27. The molecule has 1 N–H and O–H groups in total. The van der Waals surface area contributed by atoms with Crippen LogP contribution >= 0.6 is 15.9 Å². The second kappa shape index (κ2) is 6.01. The van der Waals surface area contributed by atoms with Crippen molar-refractivity contribution in [3.63, 3.8) is 0 Å². The van der Waals surface area contributed by atoms with Crippen molar-refractivity contribution in [1.29, 1.82) is 0 Å². The summed E-state index contributed by atoms with van der Waals surface area (Å²) in [4.78, 5) is 13.3. The van der Waals surface area contributed by atoms with Crippen molar-refractivity contribution in [2.45, 2.75) is 44.8 Å². The zero-order chi connectivity index (χ0) is 14.0. The fraction of sp³-hybridized carbons (Fsp3) is 0.500. The molecular formula is C14H17BrFNO2. The highest BCUT2D eigenvalue weighted by atomic mass is 79.9. The number of aliphatic carboxylic acids is 1. The molecule has 2 atom stereocenters. The molecule has 1 fully saturated rings. The number of carbonyl (C=O) groups is 1. The minimum Gasteiger partial charge on any atom is -0.480 e. The number of hydrogen-bond acceptors (Lipinski definition) is 2. The molecule has 0 aromatic heterocycles. The summed E-state index contributed by atoms with van der Waals surface area (Å²) in [5, 5.41) is 9.30. The van der Waals surface area contributed by atoms with E-state index >= 15 is 0 Å². The van der Waals surface area contributed by atoms with E-state index in [0.717, 1.165) is 22.9 Å². The van der Waals surface area contributed by atoms with Crippen LogP contribution in [0.1, 0.15) is 31.7 Å². The summed E-state index contributed by atoms with van der Waals surface area (Å²) in [6.07, 6.45) is 2.57. The van der Waals surface area contributed by atoms with Gasteiger partial charge in [-0.3, -0.25) is 9.69 Å². The van der Waals surface area contributed by atoms with Gasteiger partial charge in [0.15, 0.2) is 0 Å². The molecule has 0 saturated carbocycles. The normalized spacial score (nSPS) is 24.4. The maximum atomic E-state index is 13.3. The summed E-state index contributed by atoms with van der Waals surface area (Å²) in [5.41, 5.74) is 0.792. The Morgan fingerprint density at radius 1 is 1.53 bits per heavy atom. The number of likely N-dealkylation sites (tertiary alicyclic amines) is 1. The molecule has 1 aliphatic heterocycles. The molecule has 0 spiro atoms. The van der Waals surface area contributed by atoms with Crippen LogP contribution in [0.2, 0.25) is 0 Å². The number of carboxylic acid groups (broad SMARTS) is 1. The molecule has 3 nitrogen and oxygen atoms in total. The molecule has 1 aromatic carbocycles. The van der Waals surface area contributed by atoms with E-state index in [2.05, 4.69) is 15.9 Å². The molecule has 1 aromatic rings. The summed E-state index contributed by atoms with van der Waals surface area (Å²) in [7, 11) is 0. The van der Waals surface area contributed by atoms with Crippen LogP contribution in [0.3, 0.4) is 0 Å². The minimum absolute atomic E-state index is 0.199. The number of rotatable bonds is 3. The lowest BCUT2D eigenvalue weighted by Gasteiger charge is -2.38. The number of piperidine rings is 1. The predicted octanol–water partition coefficient (Wildman–Crippen LogP) is 3.42. The van der Waals surface area contributed by atoms with Gasteiger partial charge < -0.3 is 5.11 Å². The Labute approximate surface area is 120 Å². The van der Waals surface area contributed by atoms with Crippen LogP contribution in [0.25, 0.3) is 0 Å². The third-order valence-corrected chi connectivity index (χ3v) is 4.49.